The Morgan fingerprint density at radius 3 is 2.50 bits per heavy atom. The molecule has 1 aromatic rings. The van der Waals surface area contributed by atoms with Crippen LogP contribution in [0.25, 0.3) is 0 Å². The van der Waals surface area contributed by atoms with Crippen molar-refractivity contribution in [3.8, 4) is 0 Å². The zero-order chi connectivity index (χ0) is 15.3. The molecule has 0 unspecified atom stereocenters. The molecule has 114 valence electrons. The molecule has 0 amide bonds. The predicted octanol–water partition coefficient (Wildman–Crippen LogP) is 1.98. The van der Waals surface area contributed by atoms with Crippen LogP contribution in [0, 0.1) is 0 Å². The van der Waals surface area contributed by atoms with Crippen molar-refractivity contribution in [1.29, 1.82) is 0 Å². The summed E-state index contributed by atoms with van der Waals surface area (Å²) in [5, 5.41) is 8.87. The largest absolute Gasteiger partial charge is 0.416 e. The van der Waals surface area contributed by atoms with Crippen molar-refractivity contribution in [3.05, 3.63) is 17.7 Å². The fourth-order valence-electron chi connectivity index (χ4n) is 1.78. The molecule has 5 nitrogen and oxygen atoms in total. The second-order valence-electron chi connectivity index (χ2n) is 4.61. The SMILES string of the molecule is CC(C)N(CCCO)c1cc(C(F)(F)F)cc(NN)n1. The lowest BCUT2D eigenvalue weighted by Crippen LogP contribution is -2.33. The van der Waals surface area contributed by atoms with Crippen molar-refractivity contribution in [2.45, 2.75) is 32.5 Å². The lowest BCUT2D eigenvalue weighted by molar-refractivity contribution is -0.137. The van der Waals surface area contributed by atoms with Crippen molar-refractivity contribution in [1.82, 2.24) is 4.98 Å². The Hall–Kier alpha value is -1.54. The second-order valence-corrected chi connectivity index (χ2v) is 4.61. The van der Waals surface area contributed by atoms with Gasteiger partial charge in [-0.3, -0.25) is 0 Å². The van der Waals surface area contributed by atoms with Crippen molar-refractivity contribution in [3.63, 3.8) is 0 Å². The molecule has 0 radical (unpaired) electrons. The zero-order valence-electron chi connectivity index (χ0n) is 11.4. The average Bonchev–Trinajstić information content (AvgIpc) is 2.37. The minimum absolute atomic E-state index is 0.0375. The van der Waals surface area contributed by atoms with Crippen molar-refractivity contribution < 1.29 is 18.3 Å². The van der Waals surface area contributed by atoms with Gasteiger partial charge in [0, 0.05) is 19.2 Å². The standard InChI is InChI=1S/C12H19F3N4O/c1-8(2)19(4-3-5-20)11-7-9(12(13,14)15)6-10(17-11)18-16/h6-8,20H,3-5,16H2,1-2H3,(H,17,18). The van der Waals surface area contributed by atoms with Crippen LogP contribution < -0.4 is 16.2 Å². The van der Waals surface area contributed by atoms with Gasteiger partial charge in [0.2, 0.25) is 0 Å². The molecule has 0 saturated heterocycles. The zero-order valence-corrected chi connectivity index (χ0v) is 11.4. The van der Waals surface area contributed by atoms with E-state index in [0.29, 0.717) is 13.0 Å². The van der Waals surface area contributed by atoms with Gasteiger partial charge in [-0.05, 0) is 32.4 Å². The summed E-state index contributed by atoms with van der Waals surface area (Å²) in [6.45, 7) is 4.06. The Morgan fingerprint density at radius 1 is 1.40 bits per heavy atom. The average molecular weight is 292 g/mol. The van der Waals surface area contributed by atoms with Crippen LogP contribution in [0.2, 0.25) is 0 Å². The predicted molar refractivity (Wildman–Crippen MR) is 71.2 cm³/mol. The number of nitrogens with zero attached hydrogens (tertiary/aromatic N) is 2. The first-order valence-electron chi connectivity index (χ1n) is 6.23. The van der Waals surface area contributed by atoms with Crippen LogP contribution in [0.5, 0.6) is 0 Å². The van der Waals surface area contributed by atoms with E-state index in [4.69, 9.17) is 10.9 Å². The van der Waals surface area contributed by atoms with E-state index in [-0.39, 0.29) is 24.3 Å². The molecule has 0 spiro atoms. The van der Waals surface area contributed by atoms with Gasteiger partial charge in [-0.15, -0.1) is 0 Å². The molecule has 0 aromatic carbocycles. The number of nitrogens with one attached hydrogen (secondary N) is 1. The van der Waals surface area contributed by atoms with Gasteiger partial charge < -0.3 is 15.4 Å². The van der Waals surface area contributed by atoms with Crippen LogP contribution in [0.3, 0.4) is 0 Å². The second kappa shape index (κ2) is 6.76. The third-order valence-corrected chi connectivity index (χ3v) is 2.76. The Balaban J connectivity index is 3.19. The highest BCUT2D eigenvalue weighted by molar-refractivity contribution is 5.51. The number of nitrogens with two attached hydrogens (primary N) is 1. The minimum Gasteiger partial charge on any atom is -0.396 e. The van der Waals surface area contributed by atoms with Crippen LogP contribution in [-0.4, -0.2) is 29.3 Å². The number of hydrazine groups is 1. The summed E-state index contributed by atoms with van der Waals surface area (Å²) in [7, 11) is 0. The highest BCUT2D eigenvalue weighted by atomic mass is 19.4. The van der Waals surface area contributed by atoms with Gasteiger partial charge in [0.15, 0.2) is 0 Å². The minimum atomic E-state index is -4.47. The number of pyridine rings is 1. The van der Waals surface area contributed by atoms with E-state index in [1.54, 1.807) is 4.90 Å². The smallest absolute Gasteiger partial charge is 0.396 e. The molecule has 0 aliphatic carbocycles. The van der Waals surface area contributed by atoms with E-state index in [9.17, 15) is 13.2 Å². The number of hydrogen-bond acceptors (Lipinski definition) is 5. The molecule has 0 saturated carbocycles. The Bertz CT molecular complexity index is 437. The molecular weight excluding hydrogens is 273 g/mol. The molecule has 0 aliphatic heterocycles. The van der Waals surface area contributed by atoms with E-state index >= 15 is 0 Å². The van der Waals surface area contributed by atoms with Gasteiger partial charge in [0.05, 0.1) is 5.56 Å². The summed E-state index contributed by atoms with van der Waals surface area (Å²) >= 11 is 0. The quantitative estimate of drug-likeness (QED) is 0.552. The summed E-state index contributed by atoms with van der Waals surface area (Å²) in [6, 6.07) is 1.79. The van der Waals surface area contributed by atoms with E-state index in [0.717, 1.165) is 12.1 Å². The number of aliphatic hydroxyl groups is 1. The maximum Gasteiger partial charge on any atom is 0.416 e. The van der Waals surface area contributed by atoms with Gasteiger partial charge in [-0.2, -0.15) is 13.2 Å². The molecular formula is C12H19F3N4O. The van der Waals surface area contributed by atoms with Gasteiger partial charge in [-0.25, -0.2) is 10.8 Å². The summed E-state index contributed by atoms with van der Waals surface area (Å²) in [5.74, 6) is 5.29. The first-order chi connectivity index (χ1) is 9.29. The Morgan fingerprint density at radius 2 is 2.05 bits per heavy atom. The molecule has 0 atom stereocenters. The maximum atomic E-state index is 12.8. The van der Waals surface area contributed by atoms with E-state index < -0.39 is 11.7 Å². The van der Waals surface area contributed by atoms with Crippen LogP contribution in [0.4, 0.5) is 24.8 Å². The third kappa shape index (κ3) is 4.24. The van der Waals surface area contributed by atoms with Crippen LogP contribution in [0.15, 0.2) is 12.1 Å². The number of alkyl halides is 3. The molecule has 20 heavy (non-hydrogen) atoms. The van der Waals surface area contributed by atoms with Gasteiger partial charge in [0.1, 0.15) is 11.6 Å². The molecule has 0 fully saturated rings. The lowest BCUT2D eigenvalue weighted by atomic mass is 10.2. The van der Waals surface area contributed by atoms with Crippen molar-refractivity contribution in [2.24, 2.45) is 5.84 Å². The van der Waals surface area contributed by atoms with Crippen molar-refractivity contribution in [2.75, 3.05) is 23.5 Å². The van der Waals surface area contributed by atoms with Gasteiger partial charge in [0.25, 0.3) is 0 Å². The normalized spacial score (nSPS) is 11.8. The summed E-state index contributed by atoms with van der Waals surface area (Å²) in [6.07, 6.45) is -4.02. The number of nitrogen functional groups attached to an aromatic ring is 1. The van der Waals surface area contributed by atoms with Crippen LogP contribution in [0.1, 0.15) is 25.8 Å². The summed E-state index contributed by atoms with van der Waals surface area (Å²) in [5.41, 5.74) is 1.33. The summed E-state index contributed by atoms with van der Waals surface area (Å²) in [4.78, 5) is 5.73. The number of hydrogen-bond donors (Lipinski definition) is 3. The number of aliphatic hydroxyl groups excluding tert-OH is 1. The van der Waals surface area contributed by atoms with Crippen molar-refractivity contribution >= 4 is 11.6 Å². The first-order valence-corrected chi connectivity index (χ1v) is 6.23. The van der Waals surface area contributed by atoms with E-state index in [1.165, 1.54) is 0 Å². The molecule has 1 heterocycles. The summed E-state index contributed by atoms with van der Waals surface area (Å²) < 4.78 is 38.5. The fourth-order valence-corrected chi connectivity index (χ4v) is 1.78. The monoisotopic (exact) mass is 292 g/mol. The maximum absolute atomic E-state index is 12.8. The van der Waals surface area contributed by atoms with E-state index in [2.05, 4.69) is 10.4 Å². The topological polar surface area (TPSA) is 74.4 Å². The fraction of sp³-hybridized carbons (Fsp3) is 0.583. The number of halogens is 3. The number of anilines is 2. The first kappa shape index (κ1) is 16.5. The van der Waals surface area contributed by atoms with Crippen LogP contribution in [-0.2, 0) is 6.18 Å². The Kier molecular flexibility index (Phi) is 5.58. The molecule has 1 aromatic heterocycles. The number of aromatic nitrogens is 1. The Labute approximate surface area is 115 Å². The number of rotatable bonds is 6. The third-order valence-electron chi connectivity index (χ3n) is 2.76. The lowest BCUT2D eigenvalue weighted by Gasteiger charge is -2.28. The molecule has 4 N–H and O–H groups in total. The van der Waals surface area contributed by atoms with Gasteiger partial charge >= 0.3 is 6.18 Å². The highest BCUT2D eigenvalue weighted by Gasteiger charge is 2.32. The molecule has 0 aliphatic rings. The van der Waals surface area contributed by atoms with E-state index in [1.807, 2.05) is 13.8 Å². The van der Waals surface area contributed by atoms with Crippen LogP contribution >= 0.6 is 0 Å². The van der Waals surface area contributed by atoms with Gasteiger partial charge in [-0.1, -0.05) is 0 Å². The molecule has 8 heteroatoms. The highest BCUT2D eigenvalue weighted by Crippen LogP contribution is 2.33. The molecule has 1 rings (SSSR count). The molecule has 0 bridgehead atoms.